The van der Waals surface area contributed by atoms with Crippen LogP contribution in [-0.4, -0.2) is 51.7 Å². The summed E-state index contributed by atoms with van der Waals surface area (Å²) in [6.07, 6.45) is 0. The third-order valence-electron chi connectivity index (χ3n) is 4.42. The Balaban J connectivity index is 1.62. The van der Waals surface area contributed by atoms with Crippen molar-refractivity contribution in [2.75, 3.05) is 26.2 Å². The number of piperazine rings is 1. The van der Waals surface area contributed by atoms with Crippen LogP contribution in [0.5, 0.6) is 0 Å². The molecule has 5 nitrogen and oxygen atoms in total. The molecule has 1 saturated heterocycles. The molecule has 0 saturated carbocycles. The molecular weight excluding hydrogens is 411 g/mol. The number of rotatable bonds is 3. The van der Waals surface area contributed by atoms with Gasteiger partial charge in [-0.2, -0.15) is 5.10 Å². The predicted molar refractivity (Wildman–Crippen MR) is 98.2 cm³/mol. The van der Waals surface area contributed by atoms with Crippen LogP contribution in [0.15, 0.2) is 22.7 Å². The van der Waals surface area contributed by atoms with Gasteiger partial charge in [-0.15, -0.1) is 0 Å². The Morgan fingerprint density at radius 2 is 2.00 bits per heavy atom. The van der Waals surface area contributed by atoms with E-state index in [4.69, 9.17) is 11.6 Å². The summed E-state index contributed by atoms with van der Waals surface area (Å²) in [5.74, 6) is -0.351. The van der Waals surface area contributed by atoms with Crippen LogP contribution >= 0.6 is 27.5 Å². The van der Waals surface area contributed by atoms with E-state index >= 15 is 0 Å². The highest BCUT2D eigenvalue weighted by molar-refractivity contribution is 9.10. The Morgan fingerprint density at radius 3 is 2.56 bits per heavy atom. The highest BCUT2D eigenvalue weighted by Gasteiger charge is 2.27. The van der Waals surface area contributed by atoms with Gasteiger partial charge in [-0.25, -0.2) is 4.39 Å². The van der Waals surface area contributed by atoms with E-state index in [-0.39, 0.29) is 11.7 Å². The largest absolute Gasteiger partial charge is 0.335 e. The van der Waals surface area contributed by atoms with Gasteiger partial charge in [-0.3, -0.25) is 14.4 Å². The highest BCUT2D eigenvalue weighted by Crippen LogP contribution is 2.23. The van der Waals surface area contributed by atoms with Crippen molar-refractivity contribution >= 4 is 33.4 Å². The first-order valence-corrected chi connectivity index (χ1v) is 9.18. The van der Waals surface area contributed by atoms with E-state index in [2.05, 4.69) is 25.9 Å². The number of benzene rings is 1. The fourth-order valence-corrected chi connectivity index (χ4v) is 3.75. The lowest BCUT2D eigenvalue weighted by molar-refractivity contribution is 0.0617. The number of halogens is 3. The summed E-state index contributed by atoms with van der Waals surface area (Å²) in [7, 11) is 1.78. The molecule has 134 valence electrons. The van der Waals surface area contributed by atoms with Gasteiger partial charge in [0.2, 0.25) is 0 Å². The summed E-state index contributed by atoms with van der Waals surface area (Å²) < 4.78 is 15.5. The summed E-state index contributed by atoms with van der Waals surface area (Å²) >= 11 is 9.55. The topological polar surface area (TPSA) is 41.4 Å². The number of nitrogens with zero attached hydrogens (tertiary/aromatic N) is 4. The van der Waals surface area contributed by atoms with Crippen molar-refractivity contribution < 1.29 is 9.18 Å². The van der Waals surface area contributed by atoms with Gasteiger partial charge in [0.05, 0.1) is 10.2 Å². The molecule has 1 aromatic carbocycles. The summed E-state index contributed by atoms with van der Waals surface area (Å²) in [6.45, 7) is 5.27. The minimum Gasteiger partial charge on any atom is -0.335 e. The van der Waals surface area contributed by atoms with Gasteiger partial charge < -0.3 is 4.90 Å². The van der Waals surface area contributed by atoms with E-state index < -0.39 is 0 Å². The summed E-state index contributed by atoms with van der Waals surface area (Å²) in [4.78, 5) is 16.8. The molecule has 1 amide bonds. The maximum absolute atomic E-state index is 13.1. The first kappa shape index (κ1) is 18.4. The standard InChI is InChI=1S/C17H19BrClFN4O/c1-11-15(18)16(22(2)21-11)17(25)24-7-5-23(6-8-24)10-12-3-4-13(20)9-14(12)19/h3-4,9H,5-8,10H2,1-2H3. The number of carbonyl (C=O) groups excluding carboxylic acids is 1. The molecule has 1 fully saturated rings. The van der Waals surface area contributed by atoms with Crippen molar-refractivity contribution in [3.63, 3.8) is 0 Å². The Bertz CT molecular complexity index is 802. The summed E-state index contributed by atoms with van der Waals surface area (Å²) in [5, 5.41) is 4.72. The molecule has 8 heteroatoms. The van der Waals surface area contributed by atoms with Gasteiger partial charge >= 0.3 is 0 Å². The van der Waals surface area contributed by atoms with Gasteiger partial charge in [0, 0.05) is 44.8 Å². The van der Waals surface area contributed by atoms with E-state index in [0.717, 1.165) is 28.8 Å². The first-order chi connectivity index (χ1) is 11.9. The van der Waals surface area contributed by atoms with E-state index in [1.54, 1.807) is 17.8 Å². The van der Waals surface area contributed by atoms with Crippen LogP contribution in [0.3, 0.4) is 0 Å². The van der Waals surface area contributed by atoms with Gasteiger partial charge in [-0.05, 0) is 40.5 Å². The van der Waals surface area contributed by atoms with Crippen LogP contribution in [-0.2, 0) is 13.6 Å². The number of hydrogen-bond donors (Lipinski definition) is 0. The smallest absolute Gasteiger partial charge is 0.273 e. The fourth-order valence-electron chi connectivity index (χ4n) is 3.01. The molecule has 2 aromatic rings. The average Bonchev–Trinajstić information content (AvgIpc) is 2.83. The van der Waals surface area contributed by atoms with Gasteiger partial charge in [0.1, 0.15) is 11.5 Å². The van der Waals surface area contributed by atoms with Crippen molar-refractivity contribution in [3.05, 3.63) is 50.5 Å². The Hall–Kier alpha value is -1.44. The van der Waals surface area contributed by atoms with Crippen molar-refractivity contribution in [1.29, 1.82) is 0 Å². The maximum Gasteiger partial charge on any atom is 0.273 e. The normalized spacial score (nSPS) is 15.6. The molecule has 2 heterocycles. The third-order valence-corrected chi connectivity index (χ3v) is 5.72. The zero-order valence-electron chi connectivity index (χ0n) is 14.1. The lowest BCUT2D eigenvalue weighted by atomic mass is 10.2. The van der Waals surface area contributed by atoms with Crippen molar-refractivity contribution in [2.45, 2.75) is 13.5 Å². The SMILES string of the molecule is Cc1nn(C)c(C(=O)N2CCN(Cc3ccc(F)cc3Cl)CC2)c1Br. The molecule has 25 heavy (non-hydrogen) atoms. The van der Waals surface area contributed by atoms with Crippen LogP contribution in [0.2, 0.25) is 5.02 Å². The number of carbonyl (C=O) groups is 1. The summed E-state index contributed by atoms with van der Waals surface area (Å²) in [6, 6.07) is 4.47. The second kappa shape index (κ2) is 7.43. The monoisotopic (exact) mass is 428 g/mol. The number of aromatic nitrogens is 2. The maximum atomic E-state index is 13.1. The van der Waals surface area contributed by atoms with Crippen LogP contribution in [0.1, 0.15) is 21.7 Å². The van der Waals surface area contributed by atoms with Crippen LogP contribution < -0.4 is 0 Å². The Morgan fingerprint density at radius 1 is 1.32 bits per heavy atom. The number of amides is 1. The van der Waals surface area contributed by atoms with E-state index in [1.165, 1.54) is 12.1 Å². The fraction of sp³-hybridized carbons (Fsp3) is 0.412. The van der Waals surface area contributed by atoms with Crippen molar-refractivity contribution in [2.24, 2.45) is 7.05 Å². The van der Waals surface area contributed by atoms with Crippen LogP contribution in [0.4, 0.5) is 4.39 Å². The second-order valence-corrected chi connectivity index (χ2v) is 7.38. The molecule has 3 rings (SSSR count). The molecule has 1 aliphatic heterocycles. The summed E-state index contributed by atoms with van der Waals surface area (Å²) in [5.41, 5.74) is 2.27. The molecule has 0 atom stereocenters. The average molecular weight is 430 g/mol. The molecule has 0 aliphatic carbocycles. The quantitative estimate of drug-likeness (QED) is 0.752. The molecular formula is C17H19BrClFN4O. The lowest BCUT2D eigenvalue weighted by Gasteiger charge is -2.34. The molecule has 0 spiro atoms. The van der Waals surface area contributed by atoms with Crippen LogP contribution in [0, 0.1) is 12.7 Å². The van der Waals surface area contributed by atoms with E-state index in [0.29, 0.717) is 30.4 Å². The Kier molecular flexibility index (Phi) is 5.46. The van der Waals surface area contributed by atoms with E-state index in [9.17, 15) is 9.18 Å². The zero-order valence-corrected chi connectivity index (χ0v) is 16.4. The van der Waals surface area contributed by atoms with E-state index in [1.807, 2.05) is 11.8 Å². The first-order valence-electron chi connectivity index (χ1n) is 8.01. The van der Waals surface area contributed by atoms with Gasteiger partial charge in [0.15, 0.2) is 0 Å². The number of aryl methyl sites for hydroxylation is 2. The molecule has 0 unspecified atom stereocenters. The molecule has 0 bridgehead atoms. The molecule has 1 aliphatic rings. The number of hydrogen-bond acceptors (Lipinski definition) is 3. The zero-order chi connectivity index (χ0) is 18.1. The predicted octanol–water partition coefficient (Wildman–Crippen LogP) is 3.24. The Labute approximate surface area is 159 Å². The van der Waals surface area contributed by atoms with Crippen LogP contribution in [0.25, 0.3) is 0 Å². The third kappa shape index (κ3) is 3.88. The minimum atomic E-state index is -0.332. The molecule has 0 radical (unpaired) electrons. The van der Waals surface area contributed by atoms with Crippen molar-refractivity contribution in [1.82, 2.24) is 19.6 Å². The minimum absolute atomic E-state index is 0.0190. The highest BCUT2D eigenvalue weighted by atomic mass is 79.9. The molecule has 0 N–H and O–H groups in total. The lowest BCUT2D eigenvalue weighted by Crippen LogP contribution is -2.48. The van der Waals surface area contributed by atoms with Gasteiger partial charge in [0.25, 0.3) is 5.91 Å². The van der Waals surface area contributed by atoms with Crippen molar-refractivity contribution in [3.8, 4) is 0 Å². The second-order valence-electron chi connectivity index (χ2n) is 6.18. The molecule has 1 aromatic heterocycles. The van der Waals surface area contributed by atoms with Gasteiger partial charge in [-0.1, -0.05) is 17.7 Å².